The van der Waals surface area contributed by atoms with E-state index in [1.165, 1.54) is 12.8 Å². The number of hydrogen-bond donors (Lipinski definition) is 1. The molecule has 1 saturated heterocycles. The van der Waals surface area contributed by atoms with Crippen molar-refractivity contribution in [3.05, 3.63) is 0 Å². The summed E-state index contributed by atoms with van der Waals surface area (Å²) in [5.41, 5.74) is -0.210. The maximum Gasteiger partial charge on any atom is 0.407 e. The molecule has 1 aliphatic heterocycles. The molecule has 1 aliphatic carbocycles. The molecular weight excluding hydrogens is 142 g/mol. The van der Waals surface area contributed by atoms with E-state index in [1.54, 1.807) is 0 Å². The molecule has 62 valence electrons. The van der Waals surface area contributed by atoms with Gasteiger partial charge in [0.2, 0.25) is 0 Å². The molecule has 2 fully saturated rings. The highest BCUT2D eigenvalue weighted by Gasteiger charge is 2.40. The molecule has 1 N–H and O–H groups in total. The number of ether oxygens (including phenoxy) is 1. The zero-order valence-electron chi connectivity index (χ0n) is 6.72. The fourth-order valence-electron chi connectivity index (χ4n) is 1.60. The summed E-state index contributed by atoms with van der Waals surface area (Å²) >= 11 is 0. The summed E-state index contributed by atoms with van der Waals surface area (Å²) in [6.45, 7) is 2.69. The van der Waals surface area contributed by atoms with Crippen molar-refractivity contribution in [2.45, 2.75) is 31.8 Å². The van der Waals surface area contributed by atoms with Crippen molar-refractivity contribution in [3.63, 3.8) is 0 Å². The fraction of sp³-hybridized carbons (Fsp3) is 0.875. The lowest BCUT2D eigenvalue weighted by atomic mass is 10.00. The second-order valence-corrected chi connectivity index (χ2v) is 3.84. The normalized spacial score (nSPS) is 36.6. The smallest absolute Gasteiger partial charge is 0.407 e. The molecule has 0 bridgehead atoms. The quantitative estimate of drug-likeness (QED) is 0.652. The van der Waals surface area contributed by atoms with E-state index in [2.05, 4.69) is 5.32 Å². The SMILES string of the molecule is CC1(CC2CC2)CNC(=O)O1. The van der Waals surface area contributed by atoms with Gasteiger partial charge in [-0.05, 0) is 19.3 Å². The van der Waals surface area contributed by atoms with Crippen LogP contribution in [0.15, 0.2) is 0 Å². The van der Waals surface area contributed by atoms with Crippen LogP contribution in [0.2, 0.25) is 0 Å². The van der Waals surface area contributed by atoms with Crippen molar-refractivity contribution in [3.8, 4) is 0 Å². The maximum atomic E-state index is 10.7. The second-order valence-electron chi connectivity index (χ2n) is 3.84. The monoisotopic (exact) mass is 155 g/mol. The number of amides is 1. The summed E-state index contributed by atoms with van der Waals surface area (Å²) in [5, 5.41) is 2.68. The minimum Gasteiger partial charge on any atom is -0.441 e. The number of rotatable bonds is 2. The van der Waals surface area contributed by atoms with Gasteiger partial charge < -0.3 is 10.1 Å². The molecule has 1 saturated carbocycles. The summed E-state index contributed by atoms with van der Waals surface area (Å²) in [5.74, 6) is 0.813. The molecule has 1 amide bonds. The first-order chi connectivity index (χ1) is 5.18. The summed E-state index contributed by atoms with van der Waals surface area (Å²) in [4.78, 5) is 10.7. The Kier molecular flexibility index (Phi) is 1.34. The third-order valence-corrected chi connectivity index (χ3v) is 2.36. The number of carbonyl (C=O) groups excluding carboxylic acids is 1. The van der Waals surface area contributed by atoms with Crippen molar-refractivity contribution in [2.24, 2.45) is 5.92 Å². The lowest BCUT2D eigenvalue weighted by Gasteiger charge is -2.20. The number of cyclic esters (lactones) is 1. The van der Waals surface area contributed by atoms with Crippen LogP contribution in [-0.2, 0) is 4.74 Å². The molecule has 11 heavy (non-hydrogen) atoms. The lowest BCUT2D eigenvalue weighted by Crippen LogP contribution is -2.29. The van der Waals surface area contributed by atoms with Crippen LogP contribution in [0.4, 0.5) is 4.79 Å². The van der Waals surface area contributed by atoms with Crippen LogP contribution in [0.1, 0.15) is 26.2 Å². The van der Waals surface area contributed by atoms with E-state index in [-0.39, 0.29) is 11.7 Å². The van der Waals surface area contributed by atoms with Crippen LogP contribution in [-0.4, -0.2) is 18.2 Å². The van der Waals surface area contributed by atoms with E-state index >= 15 is 0 Å². The first-order valence-electron chi connectivity index (χ1n) is 4.15. The van der Waals surface area contributed by atoms with Crippen molar-refractivity contribution >= 4 is 6.09 Å². The number of hydrogen-bond acceptors (Lipinski definition) is 2. The molecule has 1 unspecified atom stereocenters. The van der Waals surface area contributed by atoms with Gasteiger partial charge in [0.15, 0.2) is 0 Å². The van der Waals surface area contributed by atoms with Gasteiger partial charge in [-0.1, -0.05) is 12.8 Å². The Labute approximate surface area is 66.1 Å². The standard InChI is InChI=1S/C8H13NO2/c1-8(4-6-2-3-6)5-9-7(10)11-8/h6H,2-5H2,1H3,(H,9,10). The molecule has 2 aliphatic rings. The zero-order valence-corrected chi connectivity index (χ0v) is 6.72. The van der Waals surface area contributed by atoms with Crippen LogP contribution in [0.3, 0.4) is 0 Å². The summed E-state index contributed by atoms with van der Waals surface area (Å²) in [7, 11) is 0. The van der Waals surface area contributed by atoms with E-state index in [9.17, 15) is 4.79 Å². The largest absolute Gasteiger partial charge is 0.441 e. The molecule has 0 aromatic heterocycles. The van der Waals surface area contributed by atoms with E-state index in [1.807, 2.05) is 6.92 Å². The Bertz CT molecular complexity index is 189. The van der Waals surface area contributed by atoms with Crippen LogP contribution in [0, 0.1) is 5.92 Å². The van der Waals surface area contributed by atoms with Crippen molar-refractivity contribution in [1.29, 1.82) is 0 Å². The predicted octanol–water partition coefficient (Wildman–Crippen LogP) is 1.28. The molecule has 3 nitrogen and oxygen atoms in total. The zero-order chi connectivity index (χ0) is 7.90. The van der Waals surface area contributed by atoms with Crippen molar-refractivity contribution < 1.29 is 9.53 Å². The molecule has 0 spiro atoms. The third kappa shape index (κ3) is 1.47. The van der Waals surface area contributed by atoms with E-state index in [0.29, 0.717) is 6.54 Å². The molecule has 3 heteroatoms. The summed E-state index contributed by atoms with van der Waals surface area (Å²) < 4.78 is 5.15. The average Bonchev–Trinajstić information content (AvgIpc) is 2.62. The topological polar surface area (TPSA) is 38.3 Å². The second kappa shape index (κ2) is 2.13. The highest BCUT2D eigenvalue weighted by atomic mass is 16.6. The summed E-state index contributed by atoms with van der Waals surface area (Å²) in [6, 6.07) is 0. The molecule has 1 heterocycles. The number of nitrogens with one attached hydrogen (secondary N) is 1. The van der Waals surface area contributed by atoms with Crippen LogP contribution < -0.4 is 5.32 Å². The Morgan fingerprint density at radius 2 is 2.45 bits per heavy atom. The Hall–Kier alpha value is -0.730. The predicted molar refractivity (Wildman–Crippen MR) is 40.2 cm³/mol. The molecular formula is C8H13NO2. The van der Waals surface area contributed by atoms with Gasteiger partial charge in [0, 0.05) is 0 Å². The van der Waals surface area contributed by atoms with Gasteiger partial charge in [-0.25, -0.2) is 4.79 Å². The summed E-state index contributed by atoms with van der Waals surface area (Å²) in [6.07, 6.45) is 3.40. The first kappa shape index (κ1) is 6.95. The van der Waals surface area contributed by atoms with E-state index in [0.717, 1.165) is 12.3 Å². The molecule has 0 aromatic rings. The Balaban J connectivity index is 1.92. The molecule has 0 aromatic carbocycles. The van der Waals surface area contributed by atoms with E-state index < -0.39 is 0 Å². The molecule has 0 radical (unpaired) electrons. The fourth-order valence-corrected chi connectivity index (χ4v) is 1.60. The van der Waals surface area contributed by atoms with Gasteiger partial charge >= 0.3 is 6.09 Å². The highest BCUT2D eigenvalue weighted by Crippen LogP contribution is 2.38. The van der Waals surface area contributed by atoms with Crippen LogP contribution >= 0.6 is 0 Å². The van der Waals surface area contributed by atoms with Crippen molar-refractivity contribution in [1.82, 2.24) is 5.32 Å². The third-order valence-electron chi connectivity index (χ3n) is 2.36. The van der Waals surface area contributed by atoms with Gasteiger partial charge in [-0.15, -0.1) is 0 Å². The van der Waals surface area contributed by atoms with Crippen LogP contribution in [0.5, 0.6) is 0 Å². The Morgan fingerprint density at radius 3 is 2.91 bits per heavy atom. The van der Waals surface area contributed by atoms with Gasteiger partial charge in [-0.3, -0.25) is 0 Å². The minimum absolute atomic E-state index is 0.210. The minimum atomic E-state index is -0.256. The van der Waals surface area contributed by atoms with Gasteiger partial charge in [-0.2, -0.15) is 0 Å². The van der Waals surface area contributed by atoms with Gasteiger partial charge in [0.25, 0.3) is 0 Å². The molecule has 2 rings (SSSR count). The van der Waals surface area contributed by atoms with Gasteiger partial charge in [0.1, 0.15) is 5.60 Å². The molecule has 1 atom stereocenters. The van der Waals surface area contributed by atoms with Gasteiger partial charge in [0.05, 0.1) is 6.54 Å². The number of alkyl carbamates (subject to hydrolysis) is 1. The lowest BCUT2D eigenvalue weighted by molar-refractivity contribution is 0.0606. The van der Waals surface area contributed by atoms with E-state index in [4.69, 9.17) is 4.74 Å². The van der Waals surface area contributed by atoms with Crippen LogP contribution in [0.25, 0.3) is 0 Å². The maximum absolute atomic E-state index is 10.7. The Morgan fingerprint density at radius 1 is 1.73 bits per heavy atom. The average molecular weight is 155 g/mol. The first-order valence-corrected chi connectivity index (χ1v) is 4.15. The highest BCUT2D eigenvalue weighted by molar-refractivity contribution is 5.70. The van der Waals surface area contributed by atoms with Crippen molar-refractivity contribution in [2.75, 3.05) is 6.54 Å². The number of carbonyl (C=O) groups is 1.